The second-order valence-electron chi connectivity index (χ2n) is 8.29. The fourth-order valence-electron chi connectivity index (χ4n) is 4.03. The summed E-state index contributed by atoms with van der Waals surface area (Å²) in [6.07, 6.45) is 1.01. The van der Waals surface area contributed by atoms with Gasteiger partial charge in [0.2, 0.25) is 5.91 Å². The summed E-state index contributed by atoms with van der Waals surface area (Å²) in [5.41, 5.74) is 0.529. The Hall–Kier alpha value is -1.88. The molecule has 0 radical (unpaired) electrons. The molecule has 1 amide bonds. The van der Waals surface area contributed by atoms with Gasteiger partial charge >= 0.3 is 5.97 Å². The van der Waals surface area contributed by atoms with Crippen molar-refractivity contribution >= 4 is 11.9 Å². The van der Waals surface area contributed by atoms with E-state index in [1.54, 1.807) is 0 Å². The molecule has 27 heavy (non-hydrogen) atoms. The summed E-state index contributed by atoms with van der Waals surface area (Å²) in [5, 5.41) is 0. The van der Waals surface area contributed by atoms with Crippen LogP contribution in [0.5, 0.6) is 0 Å². The molecular formula is C22H33NO4. The number of rotatable bonds is 7. The maximum Gasteiger partial charge on any atom is 0.305 e. The fraction of sp³-hybridized carbons (Fsp3) is 0.636. The lowest BCUT2D eigenvalue weighted by Crippen LogP contribution is -2.52. The monoisotopic (exact) mass is 375 g/mol. The number of ether oxygens (including phenoxy) is 2. The van der Waals surface area contributed by atoms with E-state index in [2.05, 4.69) is 12.1 Å². The Morgan fingerprint density at radius 1 is 1.22 bits per heavy atom. The third-order valence-corrected chi connectivity index (χ3v) is 5.64. The molecule has 5 heteroatoms. The summed E-state index contributed by atoms with van der Waals surface area (Å²) >= 11 is 0. The van der Waals surface area contributed by atoms with Crippen LogP contribution in [0, 0.1) is 17.8 Å². The van der Waals surface area contributed by atoms with E-state index in [4.69, 9.17) is 9.47 Å². The van der Waals surface area contributed by atoms with Crippen LogP contribution < -0.4 is 0 Å². The highest BCUT2D eigenvalue weighted by molar-refractivity contribution is 5.81. The largest absolute Gasteiger partial charge is 0.469 e. The van der Waals surface area contributed by atoms with Crippen LogP contribution in [0.2, 0.25) is 0 Å². The van der Waals surface area contributed by atoms with Crippen molar-refractivity contribution < 1.29 is 19.1 Å². The highest BCUT2D eigenvalue weighted by Crippen LogP contribution is 2.34. The second-order valence-corrected chi connectivity index (χ2v) is 8.29. The lowest BCUT2D eigenvalue weighted by atomic mass is 9.80. The summed E-state index contributed by atoms with van der Waals surface area (Å²) in [7, 11) is 1.39. The van der Waals surface area contributed by atoms with Crippen molar-refractivity contribution in [1.82, 2.24) is 4.90 Å². The second kappa shape index (κ2) is 8.87. The smallest absolute Gasteiger partial charge is 0.305 e. The molecule has 2 rings (SSSR count). The minimum absolute atomic E-state index is 0.0108. The molecular weight excluding hydrogens is 342 g/mol. The number of methoxy groups -OCH3 is 1. The molecule has 0 N–H and O–H groups in total. The molecule has 150 valence electrons. The molecule has 1 fully saturated rings. The predicted octanol–water partition coefficient (Wildman–Crippen LogP) is 3.66. The zero-order chi connectivity index (χ0) is 20.2. The van der Waals surface area contributed by atoms with Gasteiger partial charge in [-0.1, -0.05) is 51.1 Å². The molecule has 1 saturated heterocycles. The summed E-state index contributed by atoms with van der Waals surface area (Å²) < 4.78 is 10.8. The van der Waals surface area contributed by atoms with Gasteiger partial charge < -0.3 is 14.4 Å². The summed E-state index contributed by atoms with van der Waals surface area (Å²) in [4.78, 5) is 27.2. The number of nitrogens with zero attached hydrogens (tertiary/aromatic N) is 1. The van der Waals surface area contributed by atoms with Gasteiger partial charge in [-0.05, 0) is 37.7 Å². The Morgan fingerprint density at radius 3 is 2.41 bits per heavy atom. The van der Waals surface area contributed by atoms with E-state index < -0.39 is 5.72 Å². The van der Waals surface area contributed by atoms with Crippen molar-refractivity contribution in [2.24, 2.45) is 17.8 Å². The number of hydrogen-bond acceptors (Lipinski definition) is 4. The van der Waals surface area contributed by atoms with E-state index in [9.17, 15) is 9.59 Å². The lowest BCUT2D eigenvalue weighted by molar-refractivity contribution is -0.153. The third-order valence-electron chi connectivity index (χ3n) is 5.64. The summed E-state index contributed by atoms with van der Waals surface area (Å²) in [6, 6.07) is 10.1. The Morgan fingerprint density at radius 2 is 1.85 bits per heavy atom. The first-order chi connectivity index (χ1) is 12.7. The predicted molar refractivity (Wildman–Crippen MR) is 105 cm³/mol. The van der Waals surface area contributed by atoms with E-state index in [0.29, 0.717) is 6.61 Å². The normalized spacial score (nSPS) is 21.1. The molecule has 0 saturated carbocycles. The van der Waals surface area contributed by atoms with Gasteiger partial charge in [-0.15, -0.1) is 0 Å². The van der Waals surface area contributed by atoms with E-state index in [0.717, 1.165) is 6.42 Å². The number of carbonyl (C=O) groups excluding carboxylic acids is 2. The molecule has 3 atom stereocenters. The third kappa shape index (κ3) is 5.10. The zero-order valence-corrected chi connectivity index (χ0v) is 17.4. The first-order valence-electron chi connectivity index (χ1n) is 9.75. The Kier molecular flexibility index (Phi) is 7.04. The minimum atomic E-state index is -0.655. The van der Waals surface area contributed by atoms with Gasteiger partial charge in [0.05, 0.1) is 19.8 Å². The van der Waals surface area contributed by atoms with Gasteiger partial charge in [0.25, 0.3) is 0 Å². The molecule has 5 nitrogen and oxygen atoms in total. The van der Waals surface area contributed by atoms with E-state index in [-0.39, 0.29) is 42.1 Å². The average Bonchev–Trinajstić information content (AvgIpc) is 2.92. The minimum Gasteiger partial charge on any atom is -0.469 e. The SMILES string of the molecule is COC(=O)C[C@H](C(C)C)[C@@H](C)C(=O)N1[C@@H](Cc2ccccc2)COC1(C)C. The Labute approximate surface area is 163 Å². The van der Waals surface area contributed by atoms with Crippen molar-refractivity contribution in [2.45, 2.75) is 59.2 Å². The number of hydrogen-bond donors (Lipinski definition) is 0. The van der Waals surface area contributed by atoms with Gasteiger partial charge in [0, 0.05) is 12.3 Å². The molecule has 0 bridgehead atoms. The lowest BCUT2D eigenvalue weighted by Gasteiger charge is -2.38. The molecule has 1 aliphatic rings. The molecule has 1 aliphatic heterocycles. The molecule has 0 aromatic heterocycles. The number of benzene rings is 1. The van der Waals surface area contributed by atoms with E-state index >= 15 is 0 Å². The van der Waals surface area contributed by atoms with Gasteiger partial charge in [0.1, 0.15) is 5.72 Å². The fourth-order valence-corrected chi connectivity index (χ4v) is 4.03. The van der Waals surface area contributed by atoms with Crippen molar-refractivity contribution in [2.75, 3.05) is 13.7 Å². The standard InChI is InChI=1S/C22H33NO4/c1-15(2)19(13-20(24)26-6)16(3)21(25)23-18(14-27-22(23,4)5)12-17-10-8-7-9-11-17/h7-11,15-16,18-19H,12-14H2,1-6H3/t16-,18+,19-/m1/s1. The highest BCUT2D eigenvalue weighted by Gasteiger charge is 2.46. The average molecular weight is 376 g/mol. The van der Waals surface area contributed by atoms with E-state index in [1.807, 2.05) is 57.7 Å². The van der Waals surface area contributed by atoms with Gasteiger partial charge in [0.15, 0.2) is 0 Å². The molecule has 1 heterocycles. The maximum absolute atomic E-state index is 13.5. The zero-order valence-electron chi connectivity index (χ0n) is 17.4. The quantitative estimate of drug-likeness (QED) is 0.683. The van der Waals surface area contributed by atoms with Crippen molar-refractivity contribution in [1.29, 1.82) is 0 Å². The van der Waals surface area contributed by atoms with Crippen molar-refractivity contribution in [3.8, 4) is 0 Å². The Bertz CT molecular complexity index is 641. The number of carbonyl (C=O) groups is 2. The van der Waals surface area contributed by atoms with Crippen LogP contribution in [-0.2, 0) is 25.5 Å². The van der Waals surface area contributed by atoms with Gasteiger partial charge in [-0.3, -0.25) is 9.59 Å². The first-order valence-corrected chi connectivity index (χ1v) is 9.75. The van der Waals surface area contributed by atoms with E-state index in [1.165, 1.54) is 12.7 Å². The first kappa shape index (κ1) is 21.4. The molecule has 1 aromatic rings. The van der Waals surface area contributed by atoms with Crippen LogP contribution in [0.25, 0.3) is 0 Å². The van der Waals surface area contributed by atoms with Gasteiger partial charge in [-0.25, -0.2) is 0 Å². The van der Waals surface area contributed by atoms with Crippen LogP contribution in [0.1, 0.15) is 46.6 Å². The van der Waals surface area contributed by atoms with Crippen LogP contribution in [0.4, 0.5) is 0 Å². The highest BCUT2D eigenvalue weighted by atomic mass is 16.5. The topological polar surface area (TPSA) is 55.8 Å². The number of esters is 1. The number of amides is 1. The molecule has 0 aliphatic carbocycles. The van der Waals surface area contributed by atoms with Crippen LogP contribution >= 0.6 is 0 Å². The maximum atomic E-state index is 13.5. The van der Waals surface area contributed by atoms with Crippen molar-refractivity contribution in [3.63, 3.8) is 0 Å². The summed E-state index contributed by atoms with van der Waals surface area (Å²) in [6.45, 7) is 10.4. The molecule has 0 unspecified atom stereocenters. The molecule has 0 spiro atoms. The Balaban J connectivity index is 2.21. The molecule has 1 aromatic carbocycles. The van der Waals surface area contributed by atoms with Crippen LogP contribution in [0.15, 0.2) is 30.3 Å². The van der Waals surface area contributed by atoms with Crippen LogP contribution in [0.3, 0.4) is 0 Å². The van der Waals surface area contributed by atoms with Gasteiger partial charge in [-0.2, -0.15) is 0 Å². The summed E-state index contributed by atoms with van der Waals surface area (Å²) in [5.74, 6) is -0.392. The van der Waals surface area contributed by atoms with Crippen molar-refractivity contribution in [3.05, 3.63) is 35.9 Å². The van der Waals surface area contributed by atoms with Crippen LogP contribution in [-0.4, -0.2) is 42.3 Å².